The summed E-state index contributed by atoms with van der Waals surface area (Å²) < 4.78 is 2.62. The maximum atomic E-state index is 4.16. The van der Waals surface area contributed by atoms with Crippen LogP contribution in [0.2, 0.25) is 0 Å². The van der Waals surface area contributed by atoms with Crippen molar-refractivity contribution in [3.8, 4) is 0 Å². The summed E-state index contributed by atoms with van der Waals surface area (Å²) in [5, 5.41) is 6.05. The average molecular weight is 275 g/mol. The topological polar surface area (TPSA) is 12.0 Å². The molecule has 0 aliphatic carbocycles. The van der Waals surface area contributed by atoms with Gasteiger partial charge >= 0.3 is 0 Å². The van der Waals surface area contributed by atoms with Gasteiger partial charge in [-0.25, -0.2) is 0 Å². The zero-order chi connectivity index (χ0) is 13.5. The third-order valence-corrected chi connectivity index (χ3v) is 4.83. The van der Waals surface area contributed by atoms with Gasteiger partial charge in [0.05, 0.1) is 10.4 Å². The highest BCUT2D eigenvalue weighted by Gasteiger charge is 2.13. The molecule has 0 unspecified atom stereocenters. The number of anilines is 1. The molecule has 1 nitrogen and oxygen atoms in total. The minimum absolute atomic E-state index is 1.04. The molecule has 0 amide bonds. The van der Waals surface area contributed by atoms with Crippen LogP contribution in [0.5, 0.6) is 0 Å². The molecule has 96 valence electrons. The van der Waals surface area contributed by atoms with Gasteiger partial charge in [-0.15, -0.1) is 11.3 Å². The first-order valence-corrected chi connectivity index (χ1v) is 7.39. The van der Waals surface area contributed by atoms with Gasteiger partial charge < -0.3 is 5.32 Å². The summed E-state index contributed by atoms with van der Waals surface area (Å²) in [4.78, 5) is 0. The Bertz CT molecular complexity index is 896. The van der Waals surface area contributed by atoms with Crippen molar-refractivity contribution in [2.24, 2.45) is 0 Å². The van der Waals surface area contributed by atoms with Gasteiger partial charge in [-0.3, -0.25) is 0 Å². The standard InChI is InChI=1S/C18H13NS/c1-12-6-4-5-11-19-17-13(12)9-10-15-14-7-2-3-8-16(14)20-18(15)17/h2-11,19H,1H2/b6-4-,11-5-. The molecule has 1 aromatic heterocycles. The quantitative estimate of drug-likeness (QED) is 0.566. The molecule has 3 aromatic rings. The fraction of sp³-hybridized carbons (Fsp3) is 0. The van der Waals surface area contributed by atoms with Crippen LogP contribution in [0.3, 0.4) is 0 Å². The van der Waals surface area contributed by atoms with Crippen molar-refractivity contribution in [1.29, 1.82) is 0 Å². The van der Waals surface area contributed by atoms with Crippen molar-refractivity contribution in [1.82, 2.24) is 0 Å². The monoisotopic (exact) mass is 275 g/mol. The molecule has 0 radical (unpaired) electrons. The molecule has 0 fully saturated rings. The van der Waals surface area contributed by atoms with E-state index in [1.807, 2.05) is 29.7 Å². The Morgan fingerprint density at radius 3 is 2.80 bits per heavy atom. The lowest BCUT2D eigenvalue weighted by atomic mass is 10.0. The number of hydrogen-bond donors (Lipinski definition) is 1. The van der Waals surface area contributed by atoms with Crippen molar-refractivity contribution in [3.05, 3.63) is 73.0 Å². The summed E-state index contributed by atoms with van der Waals surface area (Å²) in [7, 11) is 0. The predicted octanol–water partition coefficient (Wildman–Crippen LogP) is 5.56. The maximum absolute atomic E-state index is 4.16. The summed E-state index contributed by atoms with van der Waals surface area (Å²) >= 11 is 1.83. The molecule has 0 saturated carbocycles. The van der Waals surface area contributed by atoms with Crippen LogP contribution in [0.1, 0.15) is 5.56 Å². The SMILES string of the molecule is C=C1/C=C\C=C/Nc2c1ccc1c2sc2ccccc21. The third kappa shape index (κ3) is 1.62. The Morgan fingerprint density at radius 2 is 1.85 bits per heavy atom. The number of allylic oxidation sites excluding steroid dienone is 4. The zero-order valence-electron chi connectivity index (χ0n) is 10.9. The molecule has 0 bridgehead atoms. The molecule has 2 aromatic carbocycles. The zero-order valence-corrected chi connectivity index (χ0v) is 11.7. The summed E-state index contributed by atoms with van der Waals surface area (Å²) in [6.07, 6.45) is 8.04. The molecule has 1 aliphatic heterocycles. The normalized spacial score (nSPS) is 17.3. The molecule has 4 rings (SSSR count). The minimum atomic E-state index is 1.04. The van der Waals surface area contributed by atoms with E-state index in [0.717, 1.165) is 11.3 Å². The molecule has 0 saturated heterocycles. The lowest BCUT2D eigenvalue weighted by molar-refractivity contribution is 1.58. The van der Waals surface area contributed by atoms with E-state index in [9.17, 15) is 0 Å². The first-order valence-electron chi connectivity index (χ1n) is 6.58. The van der Waals surface area contributed by atoms with Gasteiger partial charge in [0.1, 0.15) is 0 Å². The summed E-state index contributed by atoms with van der Waals surface area (Å²) in [6, 6.07) is 12.9. The Hall–Kier alpha value is -2.32. The number of rotatable bonds is 0. The molecule has 0 spiro atoms. The van der Waals surface area contributed by atoms with Crippen LogP contribution in [0.25, 0.3) is 25.7 Å². The first-order chi connectivity index (χ1) is 9.84. The Labute approximate surface area is 121 Å². The molecule has 1 N–H and O–H groups in total. The maximum Gasteiger partial charge on any atom is 0.0640 e. The summed E-state index contributed by atoms with van der Waals surface area (Å²) in [6.45, 7) is 4.16. The Balaban J connectivity index is 2.13. The largest absolute Gasteiger partial charge is 0.360 e. The van der Waals surface area contributed by atoms with E-state index in [1.54, 1.807) is 0 Å². The predicted molar refractivity (Wildman–Crippen MR) is 90.3 cm³/mol. The highest BCUT2D eigenvalue weighted by molar-refractivity contribution is 7.26. The van der Waals surface area contributed by atoms with Crippen molar-refractivity contribution >= 4 is 42.8 Å². The smallest absolute Gasteiger partial charge is 0.0640 e. The van der Waals surface area contributed by atoms with Crippen LogP contribution in [-0.2, 0) is 0 Å². The fourth-order valence-corrected chi connectivity index (χ4v) is 3.86. The minimum Gasteiger partial charge on any atom is -0.360 e. The van der Waals surface area contributed by atoms with Crippen molar-refractivity contribution in [3.63, 3.8) is 0 Å². The van der Waals surface area contributed by atoms with Crippen LogP contribution in [0, 0.1) is 0 Å². The van der Waals surface area contributed by atoms with Crippen LogP contribution in [0.4, 0.5) is 5.69 Å². The van der Waals surface area contributed by atoms with Gasteiger partial charge in [0.15, 0.2) is 0 Å². The van der Waals surface area contributed by atoms with Gasteiger partial charge in [0, 0.05) is 27.2 Å². The Morgan fingerprint density at radius 1 is 0.950 bits per heavy atom. The van der Waals surface area contributed by atoms with Gasteiger partial charge in [0.25, 0.3) is 0 Å². The number of nitrogens with one attached hydrogen (secondary N) is 1. The van der Waals surface area contributed by atoms with E-state index >= 15 is 0 Å². The van der Waals surface area contributed by atoms with Gasteiger partial charge in [-0.2, -0.15) is 0 Å². The summed E-state index contributed by atoms with van der Waals surface area (Å²) in [5.41, 5.74) is 3.37. The lowest BCUT2D eigenvalue weighted by Crippen LogP contribution is -1.94. The highest BCUT2D eigenvalue weighted by atomic mass is 32.1. The number of fused-ring (bicyclic) bond motifs is 5. The number of benzene rings is 2. The molecular formula is C18H13NS. The fourth-order valence-electron chi connectivity index (χ4n) is 2.65. The molecular weight excluding hydrogens is 262 g/mol. The molecule has 2 heterocycles. The second kappa shape index (κ2) is 4.36. The molecule has 0 atom stereocenters. The molecule has 2 heteroatoms. The molecule has 20 heavy (non-hydrogen) atoms. The van der Waals surface area contributed by atoms with E-state index in [-0.39, 0.29) is 0 Å². The first kappa shape index (κ1) is 11.5. The van der Waals surface area contributed by atoms with Gasteiger partial charge in [-0.05, 0) is 17.7 Å². The van der Waals surface area contributed by atoms with E-state index < -0.39 is 0 Å². The number of thiophene rings is 1. The van der Waals surface area contributed by atoms with E-state index in [1.165, 1.54) is 25.7 Å². The molecule has 1 aliphatic rings. The van der Waals surface area contributed by atoms with Gasteiger partial charge in [-0.1, -0.05) is 49.1 Å². The van der Waals surface area contributed by atoms with E-state index in [2.05, 4.69) is 54.4 Å². The van der Waals surface area contributed by atoms with Gasteiger partial charge in [0.2, 0.25) is 0 Å². The van der Waals surface area contributed by atoms with Crippen LogP contribution in [-0.4, -0.2) is 0 Å². The van der Waals surface area contributed by atoms with E-state index in [4.69, 9.17) is 0 Å². The van der Waals surface area contributed by atoms with Crippen molar-refractivity contribution in [2.75, 3.05) is 5.32 Å². The highest BCUT2D eigenvalue weighted by Crippen LogP contribution is 2.41. The van der Waals surface area contributed by atoms with Crippen molar-refractivity contribution < 1.29 is 0 Å². The van der Waals surface area contributed by atoms with Crippen LogP contribution >= 0.6 is 11.3 Å². The van der Waals surface area contributed by atoms with E-state index in [0.29, 0.717) is 0 Å². The third-order valence-electron chi connectivity index (χ3n) is 3.63. The summed E-state index contributed by atoms with van der Waals surface area (Å²) in [5.74, 6) is 0. The van der Waals surface area contributed by atoms with Crippen LogP contribution in [0.15, 0.2) is 67.4 Å². The average Bonchev–Trinajstić information content (AvgIpc) is 2.83. The second-order valence-electron chi connectivity index (χ2n) is 4.85. The Kier molecular flexibility index (Phi) is 2.51. The van der Waals surface area contributed by atoms with Crippen molar-refractivity contribution in [2.45, 2.75) is 0 Å². The second-order valence-corrected chi connectivity index (χ2v) is 5.90. The van der Waals surface area contributed by atoms with Crippen LogP contribution < -0.4 is 5.32 Å². The number of hydrogen-bond acceptors (Lipinski definition) is 2. The lowest BCUT2D eigenvalue weighted by Gasteiger charge is -2.12.